The van der Waals surface area contributed by atoms with Gasteiger partial charge in [-0.1, -0.05) is 41.6 Å². The zero-order valence-electron chi connectivity index (χ0n) is 62.2. The first kappa shape index (κ1) is 90.9. The van der Waals surface area contributed by atoms with E-state index in [-0.39, 0.29) is 110 Å². The number of aryl methyl sites for hydroxylation is 1. The number of urea groups is 2. The molecule has 14 N–H and O–H groups in total. The number of benzene rings is 3. The minimum Gasteiger partial charge on any atom is -0.481 e. The summed E-state index contributed by atoms with van der Waals surface area (Å²) in [5, 5.41) is 81.5. The SMILES string of the molecule is CN1CCN(CC(=O)O)CCN(CC(=O)O)CC(Cc2ccc(NC(=S)NCCCC[C@H](NC(=O)CCOCCOCCOCCn3cc(-c4cccc(NC(=O)NCCCCC(NC(=O)NCCCC(=O)O)C(=O)O)c4)nn3)C(=O)N[C@@H](CCCCNC(=O)CCCc3ccc(I)cc3)C(=O)O)cc2)N(C)CC1. The number of amides is 7. The third-order valence-electron chi connectivity index (χ3n) is 17.7. The van der Waals surface area contributed by atoms with E-state index in [0.717, 1.165) is 39.9 Å². The van der Waals surface area contributed by atoms with E-state index in [1.54, 1.807) is 29.1 Å². The third-order valence-corrected chi connectivity index (χ3v) is 18.6. The van der Waals surface area contributed by atoms with Crippen molar-refractivity contribution in [3.63, 3.8) is 0 Å². The van der Waals surface area contributed by atoms with Crippen molar-refractivity contribution in [1.82, 2.24) is 71.8 Å². The molecule has 3 aromatic carbocycles. The van der Waals surface area contributed by atoms with Crippen LogP contribution in [0.4, 0.5) is 21.0 Å². The molecule has 0 bridgehead atoms. The molecule has 1 aliphatic heterocycles. The van der Waals surface area contributed by atoms with E-state index >= 15 is 0 Å². The normalized spacial score (nSPS) is 14.8. The summed E-state index contributed by atoms with van der Waals surface area (Å²) in [4.78, 5) is 131. The number of carbonyl (C=O) groups is 10. The summed E-state index contributed by atoms with van der Waals surface area (Å²) in [6.45, 7) is 6.38. The molecule has 0 spiro atoms. The molecule has 5 rings (SSSR count). The number of nitrogens with one attached hydrogen (secondary N) is 9. The van der Waals surface area contributed by atoms with Crippen LogP contribution in [0.1, 0.15) is 101 Å². The van der Waals surface area contributed by atoms with Crippen molar-refractivity contribution >= 4 is 111 Å². The monoisotopic (exact) mass is 1660 g/mol. The molecule has 4 aromatic rings. The zero-order valence-corrected chi connectivity index (χ0v) is 65.2. The smallest absolute Gasteiger partial charge is 0.326 e. The Balaban J connectivity index is 1.01. The fourth-order valence-corrected chi connectivity index (χ4v) is 12.1. The molecule has 1 saturated heterocycles. The maximum atomic E-state index is 13.9. The zero-order chi connectivity index (χ0) is 79.1. The lowest BCUT2D eigenvalue weighted by molar-refractivity contribution is -0.142. The number of thiocarbonyl (C=S) groups is 1. The van der Waals surface area contributed by atoms with Gasteiger partial charge in [-0.15, -0.1) is 5.10 Å². The number of rotatable bonds is 50. The number of halogens is 1. The topological polar surface area (TPSA) is 451 Å². The molecule has 602 valence electrons. The summed E-state index contributed by atoms with van der Waals surface area (Å²) < 4.78 is 19.8. The summed E-state index contributed by atoms with van der Waals surface area (Å²) in [6.07, 6.45) is 7.25. The van der Waals surface area contributed by atoms with Gasteiger partial charge in [-0.25, -0.2) is 23.9 Å². The predicted molar refractivity (Wildman–Crippen MR) is 419 cm³/mol. The largest absolute Gasteiger partial charge is 0.481 e. The van der Waals surface area contributed by atoms with Gasteiger partial charge in [0, 0.05) is 118 Å². The molecule has 0 aliphatic carbocycles. The van der Waals surface area contributed by atoms with Crippen LogP contribution in [0.2, 0.25) is 0 Å². The Morgan fingerprint density at radius 3 is 1.79 bits per heavy atom. The van der Waals surface area contributed by atoms with Crippen LogP contribution >= 0.6 is 34.8 Å². The van der Waals surface area contributed by atoms with Crippen molar-refractivity contribution in [1.29, 1.82) is 0 Å². The molecular weight excluding hydrogens is 1550 g/mol. The number of carboxylic acid groups (broad SMARTS) is 5. The summed E-state index contributed by atoms with van der Waals surface area (Å²) in [5.74, 6) is -6.56. The number of aromatic nitrogens is 3. The van der Waals surface area contributed by atoms with Crippen LogP contribution in [0.15, 0.2) is 79.0 Å². The molecule has 7 amide bonds. The van der Waals surface area contributed by atoms with Crippen LogP contribution in [0.3, 0.4) is 0 Å². The number of nitrogens with zero attached hydrogens (tertiary/aromatic N) is 7. The first-order valence-electron chi connectivity index (χ1n) is 36.9. The van der Waals surface area contributed by atoms with Crippen LogP contribution in [-0.2, 0) is 72.0 Å². The van der Waals surface area contributed by atoms with Gasteiger partial charge in [-0.05, 0) is 180 Å². The van der Waals surface area contributed by atoms with Crippen molar-refractivity contribution < 1.29 is 87.7 Å². The minimum atomic E-state index is -1.25. The van der Waals surface area contributed by atoms with Crippen molar-refractivity contribution in [2.24, 2.45) is 0 Å². The average Bonchev–Trinajstić information content (AvgIpc) is 1.84. The maximum Gasteiger partial charge on any atom is 0.326 e. The van der Waals surface area contributed by atoms with Crippen LogP contribution in [0.5, 0.6) is 0 Å². The Kier molecular flexibility index (Phi) is 43.6. The van der Waals surface area contributed by atoms with Gasteiger partial charge in [0.2, 0.25) is 17.7 Å². The third kappa shape index (κ3) is 40.5. The number of aliphatic carboxylic acids is 5. The Morgan fingerprint density at radius 2 is 1.12 bits per heavy atom. The summed E-state index contributed by atoms with van der Waals surface area (Å²) >= 11 is 7.88. The lowest BCUT2D eigenvalue weighted by atomic mass is 10.0. The highest BCUT2D eigenvalue weighted by Gasteiger charge is 2.28. The molecule has 36 heteroatoms. The van der Waals surface area contributed by atoms with Gasteiger partial charge in [0.15, 0.2) is 5.11 Å². The molecule has 1 aliphatic rings. The lowest BCUT2D eigenvalue weighted by Crippen LogP contribution is -2.51. The summed E-state index contributed by atoms with van der Waals surface area (Å²) in [7, 11) is 4.04. The van der Waals surface area contributed by atoms with Gasteiger partial charge in [0.1, 0.15) is 23.8 Å². The van der Waals surface area contributed by atoms with E-state index in [0.29, 0.717) is 139 Å². The Labute approximate surface area is 654 Å². The number of hydrogen-bond acceptors (Lipinski definition) is 20. The van der Waals surface area contributed by atoms with E-state index in [2.05, 4.69) is 90.6 Å². The number of likely N-dealkylation sites (N-methyl/N-ethyl adjacent to an activating group) is 2. The molecule has 1 fully saturated rings. The second kappa shape index (κ2) is 52.4. The van der Waals surface area contributed by atoms with Crippen molar-refractivity contribution in [2.45, 2.75) is 133 Å². The van der Waals surface area contributed by atoms with Crippen LogP contribution in [-0.4, -0.2) is 288 Å². The molecule has 34 nitrogen and oxygen atoms in total. The summed E-state index contributed by atoms with van der Waals surface area (Å²) in [5.41, 5.74) is 4.66. The fraction of sp³-hybridized carbons (Fsp3) is 0.575. The number of unbranched alkanes of at least 4 members (excludes halogenated alkanes) is 3. The molecule has 109 heavy (non-hydrogen) atoms. The van der Waals surface area contributed by atoms with E-state index in [9.17, 15) is 68.4 Å². The van der Waals surface area contributed by atoms with Gasteiger partial charge in [-0.3, -0.25) is 38.6 Å². The number of ether oxygens (including phenoxy) is 3. The quantitative estimate of drug-likeness (QED) is 0.0169. The molecule has 4 atom stereocenters. The second-order valence-electron chi connectivity index (χ2n) is 26.6. The highest BCUT2D eigenvalue weighted by atomic mass is 127. The number of carboxylic acids is 5. The Morgan fingerprint density at radius 1 is 0.541 bits per heavy atom. The number of anilines is 2. The maximum absolute atomic E-state index is 13.9. The van der Waals surface area contributed by atoms with E-state index in [4.69, 9.17) is 31.5 Å². The first-order valence-corrected chi connectivity index (χ1v) is 38.4. The lowest BCUT2D eigenvalue weighted by Gasteiger charge is -2.36. The molecule has 1 aromatic heterocycles. The molecule has 2 heterocycles. The molecule has 0 radical (unpaired) electrons. The van der Waals surface area contributed by atoms with Gasteiger partial charge >= 0.3 is 41.9 Å². The standard InChI is InChI=1S/C73H109IN16O18S/c1-86-33-35-87(2)58(48-89(51-67(97)98)38-37-88(36-34-86)50-66(95)96)46-53-22-26-56(27-23-53)80-73(109)78-31-8-3-15-59(68(99)82-60(69(100)101)16-4-6-29-75-63(91)18-9-12-52-20-24-55(74)25-21-52)81-64(92)28-40-106-42-44-108-45-43-107-41-39-90-49-62(84-85-90)54-13-10-14-57(47-54)79-71(104)76-30-7-5-17-61(70(102)103)83-72(105)77-32-11-19-65(93)94/h10,13-14,20-27,47,49,58-61H,3-9,11-12,15-19,28-46,48,50-51H2,1-2H3,(H,75,91)(H,81,92)(H,82,99)(H,93,94)(H,95,96)(H,97,98)(H,100,101)(H,102,103)(H2,76,79,104)(H2,77,83,105)(H2,78,80,109)/t58?,59-,60-,61?/m0/s1. The highest BCUT2D eigenvalue weighted by Crippen LogP contribution is 2.21. The summed E-state index contributed by atoms with van der Waals surface area (Å²) in [6, 6.07) is 18.2. The molecule has 2 unspecified atom stereocenters. The van der Waals surface area contributed by atoms with Crippen molar-refractivity contribution in [2.75, 3.05) is 149 Å². The van der Waals surface area contributed by atoms with Gasteiger partial charge < -0.3 is 97.4 Å². The number of carbonyl (C=O) groups excluding carboxylic acids is 5. The first-order chi connectivity index (χ1) is 52.4. The Hall–Kier alpha value is -8.76. The molecule has 0 saturated carbocycles. The van der Waals surface area contributed by atoms with Gasteiger partial charge in [0.25, 0.3) is 0 Å². The van der Waals surface area contributed by atoms with E-state index < -0.39 is 71.8 Å². The van der Waals surface area contributed by atoms with Crippen LogP contribution in [0.25, 0.3) is 11.3 Å². The van der Waals surface area contributed by atoms with Crippen molar-refractivity contribution in [3.8, 4) is 11.3 Å². The van der Waals surface area contributed by atoms with Crippen LogP contribution in [0, 0.1) is 3.57 Å². The second-order valence-corrected chi connectivity index (χ2v) is 28.2. The van der Waals surface area contributed by atoms with Crippen LogP contribution < -0.4 is 47.9 Å². The Bertz CT molecular complexity index is 3470. The predicted octanol–water partition coefficient (Wildman–Crippen LogP) is 3.98. The van der Waals surface area contributed by atoms with Gasteiger partial charge in [0.05, 0.1) is 65.5 Å². The van der Waals surface area contributed by atoms with Gasteiger partial charge in [-0.2, -0.15) is 0 Å². The van der Waals surface area contributed by atoms with E-state index in [1.807, 2.05) is 78.5 Å². The van der Waals surface area contributed by atoms with Crippen molar-refractivity contribution in [3.05, 3.63) is 93.7 Å². The minimum absolute atomic E-state index is 0.0151. The average molecular weight is 1660 g/mol. The van der Waals surface area contributed by atoms with E-state index in [1.165, 1.54) is 0 Å². The molecular formula is C73H109IN16O18S. The fourth-order valence-electron chi connectivity index (χ4n) is 11.5. The number of hydrogen-bond donors (Lipinski definition) is 14. The highest BCUT2D eigenvalue weighted by molar-refractivity contribution is 14.1.